The number of aryl methyl sites for hydroxylation is 2. The summed E-state index contributed by atoms with van der Waals surface area (Å²) in [5, 5.41) is 4.81. The van der Waals surface area contributed by atoms with E-state index in [1.165, 1.54) is 49.3 Å². The van der Waals surface area contributed by atoms with Crippen LogP contribution in [0.1, 0.15) is 30.5 Å². The standard InChI is InChI=1S/C44H32N6.C3H6/c1-2-37(45)28-13-18-39-35(24-28)36-23-27-12-15-31-30(33(27)26-41(36)49(39)42-10-4-7-21-47-42)16-17-32-34-25-29(38-9-3-6-20-46-38)14-19-40(34)50(44(31)32)43-11-5-8-22-48-43;1-3-2/h2-11,13-14,16-26H,12,15,45H2,1H3;3H,1H2,2H3/b37-2-;. The smallest absolute Gasteiger partial charge is 0.137 e. The van der Waals surface area contributed by atoms with Gasteiger partial charge in [0, 0.05) is 51.4 Å². The molecule has 0 saturated carbocycles. The summed E-state index contributed by atoms with van der Waals surface area (Å²) >= 11 is 0. The zero-order valence-corrected chi connectivity index (χ0v) is 29.8. The predicted octanol–water partition coefficient (Wildman–Crippen LogP) is 11.0. The van der Waals surface area contributed by atoms with Crippen molar-refractivity contribution in [3.63, 3.8) is 0 Å². The van der Waals surface area contributed by atoms with Crippen LogP contribution in [0.25, 0.3) is 83.3 Å². The summed E-state index contributed by atoms with van der Waals surface area (Å²) in [4.78, 5) is 14.3. The number of rotatable bonds is 4. The monoisotopic (exact) mass is 686 g/mol. The van der Waals surface area contributed by atoms with E-state index < -0.39 is 0 Å². The normalized spacial score (nSPS) is 12.5. The first-order valence-electron chi connectivity index (χ1n) is 18.0. The minimum Gasteiger partial charge on any atom is -0.399 e. The highest BCUT2D eigenvalue weighted by Crippen LogP contribution is 2.45. The number of nitrogens with zero attached hydrogens (tertiary/aromatic N) is 5. The lowest BCUT2D eigenvalue weighted by atomic mass is 9.83. The van der Waals surface area contributed by atoms with Gasteiger partial charge in [0.15, 0.2) is 0 Å². The number of allylic oxidation sites excluding steroid dienone is 2. The third kappa shape index (κ3) is 5.22. The molecule has 256 valence electrons. The molecule has 4 aromatic carbocycles. The van der Waals surface area contributed by atoms with Gasteiger partial charge in [-0.3, -0.25) is 14.1 Å². The fraction of sp³-hybridized carbons (Fsp3) is 0.0851. The van der Waals surface area contributed by atoms with Crippen molar-refractivity contribution in [2.24, 2.45) is 5.73 Å². The first-order chi connectivity index (χ1) is 26.1. The SMILES string of the molecule is C/C=C(\N)c1ccc2c(c1)c1cc3c(cc1n2-c1ccccn1)-c1ccc2c4cc(-c5ccccn5)ccc4n(-c4ccccn4)c2c1CC3.C=CC. The summed E-state index contributed by atoms with van der Waals surface area (Å²) in [6.07, 6.45) is 11.2. The maximum absolute atomic E-state index is 6.41. The summed E-state index contributed by atoms with van der Waals surface area (Å²) < 4.78 is 4.64. The van der Waals surface area contributed by atoms with Gasteiger partial charge < -0.3 is 5.73 Å². The lowest BCUT2D eigenvalue weighted by Gasteiger charge is -2.22. The molecule has 5 aromatic heterocycles. The second kappa shape index (κ2) is 13.1. The van der Waals surface area contributed by atoms with Crippen LogP contribution in [0, 0.1) is 0 Å². The average molecular weight is 687 g/mol. The van der Waals surface area contributed by atoms with Gasteiger partial charge in [-0.2, -0.15) is 0 Å². The van der Waals surface area contributed by atoms with Gasteiger partial charge in [-0.15, -0.1) is 6.58 Å². The molecule has 10 rings (SSSR count). The molecule has 0 atom stereocenters. The molecule has 1 aliphatic rings. The summed E-state index contributed by atoms with van der Waals surface area (Å²) in [5.41, 5.74) is 20.1. The lowest BCUT2D eigenvalue weighted by molar-refractivity contribution is 0.941. The zero-order valence-electron chi connectivity index (χ0n) is 29.8. The summed E-state index contributed by atoms with van der Waals surface area (Å²) in [6, 6.07) is 40.9. The minimum atomic E-state index is 0.775. The van der Waals surface area contributed by atoms with Gasteiger partial charge >= 0.3 is 0 Å². The van der Waals surface area contributed by atoms with Gasteiger partial charge in [0.1, 0.15) is 11.6 Å². The number of pyridine rings is 3. The van der Waals surface area contributed by atoms with Gasteiger partial charge in [-0.05, 0) is 127 Å². The van der Waals surface area contributed by atoms with Crippen LogP contribution < -0.4 is 5.73 Å². The van der Waals surface area contributed by atoms with Crippen molar-refractivity contribution in [2.45, 2.75) is 26.7 Å². The highest BCUT2D eigenvalue weighted by molar-refractivity contribution is 6.14. The average Bonchev–Trinajstić information content (AvgIpc) is 3.72. The van der Waals surface area contributed by atoms with Gasteiger partial charge in [-0.1, -0.05) is 54.6 Å². The van der Waals surface area contributed by atoms with Crippen LogP contribution in [0.15, 0.2) is 153 Å². The Bertz CT molecular complexity index is 2860. The Hall–Kier alpha value is -6.79. The van der Waals surface area contributed by atoms with Crippen molar-refractivity contribution in [3.05, 3.63) is 169 Å². The van der Waals surface area contributed by atoms with E-state index in [9.17, 15) is 0 Å². The van der Waals surface area contributed by atoms with Crippen molar-refractivity contribution in [1.29, 1.82) is 0 Å². The van der Waals surface area contributed by atoms with Crippen LogP contribution in [0.3, 0.4) is 0 Å². The first-order valence-corrected chi connectivity index (χ1v) is 18.0. The largest absolute Gasteiger partial charge is 0.399 e. The molecule has 0 amide bonds. The van der Waals surface area contributed by atoms with Crippen LogP contribution in [0.5, 0.6) is 0 Å². The molecule has 0 radical (unpaired) electrons. The molecule has 0 spiro atoms. The molecule has 0 aliphatic heterocycles. The Kier molecular flexibility index (Phi) is 7.93. The molecule has 5 heterocycles. The Morgan fingerprint density at radius 2 is 1.28 bits per heavy atom. The first kappa shape index (κ1) is 32.1. The molecule has 1 aliphatic carbocycles. The van der Waals surface area contributed by atoms with E-state index in [0.29, 0.717) is 0 Å². The Balaban J connectivity index is 0.00000120. The molecule has 6 nitrogen and oxygen atoms in total. The molecule has 53 heavy (non-hydrogen) atoms. The van der Waals surface area contributed by atoms with Crippen LogP contribution in [0.2, 0.25) is 0 Å². The molecule has 0 bridgehead atoms. The number of benzene rings is 4. The van der Waals surface area contributed by atoms with Gasteiger partial charge in [0.25, 0.3) is 0 Å². The topological polar surface area (TPSA) is 74.6 Å². The fourth-order valence-electron chi connectivity index (χ4n) is 8.01. The van der Waals surface area contributed by atoms with Crippen LogP contribution in [0.4, 0.5) is 0 Å². The highest BCUT2D eigenvalue weighted by Gasteiger charge is 2.26. The summed E-state index contributed by atoms with van der Waals surface area (Å²) in [6.45, 7) is 7.23. The quantitative estimate of drug-likeness (QED) is 0.187. The second-order valence-corrected chi connectivity index (χ2v) is 13.4. The van der Waals surface area contributed by atoms with E-state index in [2.05, 4.69) is 106 Å². The van der Waals surface area contributed by atoms with E-state index >= 15 is 0 Å². The van der Waals surface area contributed by atoms with E-state index in [0.717, 1.165) is 63.5 Å². The van der Waals surface area contributed by atoms with Crippen molar-refractivity contribution >= 4 is 49.3 Å². The van der Waals surface area contributed by atoms with Crippen LogP contribution >= 0.6 is 0 Å². The molecule has 2 N–H and O–H groups in total. The molecule has 0 unspecified atom stereocenters. The molecule has 0 fully saturated rings. The number of aromatic nitrogens is 5. The lowest BCUT2D eigenvalue weighted by Crippen LogP contribution is -2.07. The maximum Gasteiger partial charge on any atom is 0.137 e. The summed E-state index contributed by atoms with van der Waals surface area (Å²) in [5.74, 6) is 1.81. The van der Waals surface area contributed by atoms with Crippen LogP contribution in [-0.2, 0) is 12.8 Å². The van der Waals surface area contributed by atoms with Crippen molar-refractivity contribution < 1.29 is 0 Å². The van der Waals surface area contributed by atoms with Gasteiger partial charge in [0.2, 0.25) is 0 Å². The van der Waals surface area contributed by atoms with E-state index in [1.807, 2.05) is 68.8 Å². The highest BCUT2D eigenvalue weighted by atomic mass is 15.1. The van der Waals surface area contributed by atoms with Crippen molar-refractivity contribution in [1.82, 2.24) is 24.1 Å². The molecular formula is C47H38N6. The van der Waals surface area contributed by atoms with Crippen molar-refractivity contribution in [2.75, 3.05) is 0 Å². The number of fused-ring (bicyclic) bond motifs is 10. The van der Waals surface area contributed by atoms with E-state index in [1.54, 1.807) is 6.08 Å². The Morgan fingerprint density at radius 3 is 1.98 bits per heavy atom. The molecule has 0 saturated heterocycles. The van der Waals surface area contributed by atoms with Crippen molar-refractivity contribution in [3.8, 4) is 34.0 Å². The van der Waals surface area contributed by atoms with Gasteiger partial charge in [-0.25, -0.2) is 9.97 Å². The second-order valence-electron chi connectivity index (χ2n) is 13.4. The minimum absolute atomic E-state index is 0.775. The molecule has 9 aromatic rings. The van der Waals surface area contributed by atoms with E-state index in [-0.39, 0.29) is 0 Å². The molecule has 6 heteroatoms. The Labute approximate surface area is 308 Å². The number of nitrogens with two attached hydrogens (primary N) is 1. The zero-order chi connectivity index (χ0) is 36.1. The number of hydrogen-bond donors (Lipinski definition) is 1. The third-order valence-corrected chi connectivity index (χ3v) is 10.3. The Morgan fingerprint density at radius 1 is 0.623 bits per heavy atom. The fourth-order valence-corrected chi connectivity index (χ4v) is 8.01. The number of hydrogen-bond acceptors (Lipinski definition) is 4. The van der Waals surface area contributed by atoms with E-state index in [4.69, 9.17) is 15.7 Å². The molecular weight excluding hydrogens is 649 g/mol. The maximum atomic E-state index is 6.41. The summed E-state index contributed by atoms with van der Waals surface area (Å²) in [7, 11) is 0. The predicted molar refractivity (Wildman–Crippen MR) is 220 cm³/mol. The van der Waals surface area contributed by atoms with Crippen LogP contribution in [-0.4, -0.2) is 24.1 Å². The van der Waals surface area contributed by atoms with Gasteiger partial charge in [0.05, 0.1) is 27.8 Å². The third-order valence-electron chi connectivity index (χ3n) is 10.3.